The molecule has 1 fully saturated rings. The summed E-state index contributed by atoms with van der Waals surface area (Å²) in [4.78, 5) is 0. The lowest BCUT2D eigenvalue weighted by Gasteiger charge is -2.31. The van der Waals surface area contributed by atoms with Crippen LogP contribution in [0.2, 0.25) is 5.02 Å². The van der Waals surface area contributed by atoms with Gasteiger partial charge in [0, 0.05) is 5.02 Å². The molecule has 2 atom stereocenters. The van der Waals surface area contributed by atoms with Crippen molar-refractivity contribution < 1.29 is 5.11 Å². The molecule has 4 heteroatoms. The summed E-state index contributed by atoms with van der Waals surface area (Å²) >= 11 is 6.22. The van der Waals surface area contributed by atoms with Gasteiger partial charge in [-0.3, -0.25) is 0 Å². The van der Waals surface area contributed by atoms with Crippen molar-refractivity contribution in [2.24, 2.45) is 11.7 Å². The highest BCUT2D eigenvalue weighted by Crippen LogP contribution is 2.34. The molecule has 0 radical (unpaired) electrons. The molecule has 0 amide bonds. The third kappa shape index (κ3) is 3.85. The predicted octanol–water partition coefficient (Wildman–Crippen LogP) is 4.01. The molecule has 1 saturated carbocycles. The van der Waals surface area contributed by atoms with E-state index in [2.05, 4.69) is 0 Å². The summed E-state index contributed by atoms with van der Waals surface area (Å²) in [5, 5.41) is 11.1. The largest absolute Gasteiger partial charge is 0.391 e. The number of benzene rings is 1. The molecule has 1 aromatic carbocycles. The molecule has 0 aliphatic heterocycles. The number of aliphatic hydroxyl groups excluding tert-OH is 1. The van der Waals surface area contributed by atoms with Gasteiger partial charge in [0.1, 0.15) is 0 Å². The van der Waals surface area contributed by atoms with Crippen molar-refractivity contribution in [3.05, 3.63) is 34.3 Å². The highest BCUT2D eigenvalue weighted by atomic mass is 35.5. The van der Waals surface area contributed by atoms with Gasteiger partial charge < -0.3 is 10.8 Å². The Morgan fingerprint density at radius 3 is 2.47 bits per heavy atom. The molecule has 0 spiro atoms. The number of aryl methyl sites for hydroxylation is 1. The molecular formula is C15H23Cl2NO. The molecule has 0 bridgehead atoms. The van der Waals surface area contributed by atoms with Crippen molar-refractivity contribution in [2.45, 2.75) is 51.2 Å². The third-order valence-corrected chi connectivity index (χ3v) is 4.43. The average molecular weight is 304 g/mol. The van der Waals surface area contributed by atoms with Crippen LogP contribution < -0.4 is 5.73 Å². The van der Waals surface area contributed by atoms with Crippen LogP contribution in [0.3, 0.4) is 0 Å². The molecule has 0 unspecified atom stereocenters. The van der Waals surface area contributed by atoms with E-state index in [0.29, 0.717) is 10.9 Å². The molecule has 1 aliphatic carbocycles. The molecule has 2 nitrogen and oxygen atoms in total. The zero-order chi connectivity index (χ0) is 13.1. The summed E-state index contributed by atoms with van der Waals surface area (Å²) in [6.07, 6.45) is 5.37. The van der Waals surface area contributed by atoms with Gasteiger partial charge in [0.2, 0.25) is 0 Å². The number of hydrogen-bond acceptors (Lipinski definition) is 2. The zero-order valence-electron chi connectivity index (χ0n) is 11.3. The number of nitrogens with two attached hydrogens (primary N) is 1. The fourth-order valence-corrected chi connectivity index (χ4v) is 3.35. The van der Waals surface area contributed by atoms with Gasteiger partial charge in [-0.05, 0) is 42.9 Å². The lowest BCUT2D eigenvalue weighted by Crippen LogP contribution is -2.34. The fraction of sp³-hybridized carbons (Fsp3) is 0.600. The first-order valence-electron chi connectivity index (χ1n) is 6.80. The smallest absolute Gasteiger partial charge is 0.0761 e. The molecule has 1 aliphatic rings. The van der Waals surface area contributed by atoms with Crippen LogP contribution in [0.5, 0.6) is 0 Å². The molecular weight excluding hydrogens is 281 g/mol. The van der Waals surface area contributed by atoms with E-state index in [0.717, 1.165) is 24.0 Å². The van der Waals surface area contributed by atoms with Gasteiger partial charge in [0.15, 0.2) is 0 Å². The van der Waals surface area contributed by atoms with Crippen molar-refractivity contribution in [1.82, 2.24) is 0 Å². The van der Waals surface area contributed by atoms with E-state index >= 15 is 0 Å². The molecule has 0 saturated heterocycles. The maximum absolute atomic E-state index is 10.5. The minimum absolute atomic E-state index is 0. The molecule has 2 rings (SSSR count). The Morgan fingerprint density at radius 1 is 1.26 bits per heavy atom. The van der Waals surface area contributed by atoms with E-state index in [1.807, 2.05) is 25.1 Å². The third-order valence-electron chi connectivity index (χ3n) is 4.11. The van der Waals surface area contributed by atoms with Crippen LogP contribution in [-0.2, 0) is 0 Å². The van der Waals surface area contributed by atoms with Crippen molar-refractivity contribution in [2.75, 3.05) is 0 Å². The quantitative estimate of drug-likeness (QED) is 0.886. The van der Waals surface area contributed by atoms with E-state index in [1.165, 1.54) is 19.3 Å². The monoisotopic (exact) mass is 303 g/mol. The average Bonchev–Trinajstić information content (AvgIpc) is 2.38. The summed E-state index contributed by atoms with van der Waals surface area (Å²) in [6, 6.07) is 5.38. The second-order valence-corrected chi connectivity index (χ2v) is 5.79. The molecule has 0 heterocycles. The molecule has 3 N–H and O–H groups in total. The number of hydrogen-bond donors (Lipinski definition) is 2. The first kappa shape index (κ1) is 16.8. The van der Waals surface area contributed by atoms with E-state index in [4.69, 9.17) is 17.3 Å². The lowest BCUT2D eigenvalue weighted by atomic mass is 9.81. The van der Waals surface area contributed by atoms with Gasteiger partial charge in [0.25, 0.3) is 0 Å². The molecule has 1 aromatic rings. The van der Waals surface area contributed by atoms with E-state index in [9.17, 15) is 5.11 Å². The molecule has 19 heavy (non-hydrogen) atoms. The Hall–Kier alpha value is -0.280. The van der Waals surface area contributed by atoms with E-state index in [-0.39, 0.29) is 18.4 Å². The minimum Gasteiger partial charge on any atom is -0.391 e. The molecule has 108 valence electrons. The Morgan fingerprint density at radius 2 is 1.89 bits per heavy atom. The van der Waals surface area contributed by atoms with Gasteiger partial charge >= 0.3 is 0 Å². The first-order chi connectivity index (χ1) is 8.61. The van der Waals surface area contributed by atoms with Gasteiger partial charge in [-0.1, -0.05) is 43.0 Å². The maximum Gasteiger partial charge on any atom is 0.0761 e. The Kier molecular flexibility index (Phi) is 6.61. The standard InChI is InChI=1S/C15H22ClNO.ClH/c1-10-6-5-9-12(16)13(10)14(17)15(18)11-7-3-2-4-8-11;/h5-6,9,11,14-15,18H,2-4,7-8,17H2,1H3;1H/t14-,15+;/m0./s1. The van der Waals surface area contributed by atoms with Crippen molar-refractivity contribution in [3.63, 3.8) is 0 Å². The number of aliphatic hydroxyl groups is 1. The van der Waals surface area contributed by atoms with Crippen LogP contribution in [0.25, 0.3) is 0 Å². The summed E-state index contributed by atoms with van der Waals surface area (Å²) in [5.41, 5.74) is 8.20. The van der Waals surface area contributed by atoms with Gasteiger partial charge in [-0.15, -0.1) is 12.4 Å². The number of halogens is 2. The van der Waals surface area contributed by atoms with Gasteiger partial charge in [-0.25, -0.2) is 0 Å². The summed E-state index contributed by atoms with van der Waals surface area (Å²) in [6.45, 7) is 1.99. The Balaban J connectivity index is 0.00000180. The van der Waals surface area contributed by atoms with Crippen LogP contribution in [0.15, 0.2) is 18.2 Å². The summed E-state index contributed by atoms with van der Waals surface area (Å²) in [5.74, 6) is 0.324. The van der Waals surface area contributed by atoms with Gasteiger partial charge in [-0.2, -0.15) is 0 Å². The highest BCUT2D eigenvalue weighted by molar-refractivity contribution is 6.31. The van der Waals surface area contributed by atoms with Crippen LogP contribution in [-0.4, -0.2) is 11.2 Å². The second kappa shape index (κ2) is 7.49. The fourth-order valence-electron chi connectivity index (χ4n) is 3.01. The van der Waals surface area contributed by atoms with Crippen LogP contribution >= 0.6 is 24.0 Å². The zero-order valence-corrected chi connectivity index (χ0v) is 12.9. The topological polar surface area (TPSA) is 46.2 Å². The second-order valence-electron chi connectivity index (χ2n) is 5.38. The van der Waals surface area contributed by atoms with Crippen LogP contribution in [0, 0.1) is 12.8 Å². The summed E-state index contributed by atoms with van der Waals surface area (Å²) in [7, 11) is 0. The molecule has 0 aromatic heterocycles. The van der Waals surface area contributed by atoms with Gasteiger partial charge in [0.05, 0.1) is 12.1 Å². The van der Waals surface area contributed by atoms with E-state index < -0.39 is 6.10 Å². The lowest BCUT2D eigenvalue weighted by molar-refractivity contribution is 0.0616. The highest BCUT2D eigenvalue weighted by Gasteiger charge is 2.29. The normalized spacial score (nSPS) is 19.6. The Labute approximate surface area is 126 Å². The minimum atomic E-state index is -0.483. The number of rotatable bonds is 3. The van der Waals surface area contributed by atoms with E-state index in [1.54, 1.807) is 0 Å². The van der Waals surface area contributed by atoms with Crippen molar-refractivity contribution >= 4 is 24.0 Å². The Bertz CT molecular complexity index is 385. The van der Waals surface area contributed by atoms with Crippen molar-refractivity contribution in [3.8, 4) is 0 Å². The van der Waals surface area contributed by atoms with Crippen LogP contribution in [0.1, 0.15) is 49.3 Å². The van der Waals surface area contributed by atoms with Crippen molar-refractivity contribution in [1.29, 1.82) is 0 Å². The van der Waals surface area contributed by atoms with Crippen LogP contribution in [0.4, 0.5) is 0 Å². The SMILES string of the molecule is Cc1cccc(Cl)c1[C@H](N)[C@H](O)C1CCCCC1.Cl. The maximum atomic E-state index is 10.5. The first-order valence-corrected chi connectivity index (χ1v) is 7.17. The summed E-state index contributed by atoms with van der Waals surface area (Å²) < 4.78 is 0. The predicted molar refractivity (Wildman–Crippen MR) is 82.9 cm³/mol.